The highest BCUT2D eigenvalue weighted by Gasteiger charge is 2.13. The lowest BCUT2D eigenvalue weighted by molar-refractivity contribution is -0.672. The van der Waals surface area contributed by atoms with Crippen molar-refractivity contribution in [1.82, 2.24) is 4.98 Å². The lowest BCUT2D eigenvalue weighted by Gasteiger charge is -2.03. The third-order valence-electron chi connectivity index (χ3n) is 3.65. The molecule has 0 fully saturated rings. The predicted molar refractivity (Wildman–Crippen MR) is 92.5 cm³/mol. The Bertz CT molecular complexity index is 938. The highest BCUT2D eigenvalue weighted by Crippen LogP contribution is 2.13. The Morgan fingerprint density at radius 2 is 2.00 bits per heavy atom. The number of rotatable bonds is 2. The molecule has 3 aromatic rings. The van der Waals surface area contributed by atoms with Gasteiger partial charge < -0.3 is 0 Å². The van der Waals surface area contributed by atoms with Gasteiger partial charge in [-0.25, -0.2) is 4.98 Å². The van der Waals surface area contributed by atoms with E-state index in [0.29, 0.717) is 6.42 Å². The number of aryl methyl sites for hydroxylation is 2. The molecule has 0 bridgehead atoms. The lowest BCUT2D eigenvalue weighted by Crippen LogP contribution is -2.38. The Kier molecular flexibility index (Phi) is 4.37. The molecular weight excluding hydrogens is 280 g/mol. The van der Waals surface area contributed by atoms with Gasteiger partial charge in [-0.05, 0) is 37.1 Å². The van der Waals surface area contributed by atoms with Crippen LogP contribution in [-0.2, 0) is 6.54 Å². The van der Waals surface area contributed by atoms with Crippen LogP contribution in [0.5, 0.6) is 0 Å². The molecule has 0 radical (unpaired) electrons. The van der Waals surface area contributed by atoms with Gasteiger partial charge >= 0.3 is 0 Å². The maximum atomic E-state index is 5.45. The van der Waals surface area contributed by atoms with Crippen LogP contribution in [-0.4, -0.2) is 4.98 Å². The van der Waals surface area contributed by atoms with Crippen LogP contribution in [0.25, 0.3) is 10.9 Å². The molecule has 0 amide bonds. The normalized spacial score (nSPS) is 9.91. The summed E-state index contributed by atoms with van der Waals surface area (Å²) in [6.07, 6.45) is 7.88. The first-order valence-electron chi connectivity index (χ1n) is 7.57. The highest BCUT2D eigenvalue weighted by molar-refractivity contribution is 5.76. The van der Waals surface area contributed by atoms with Crippen molar-refractivity contribution in [3.05, 3.63) is 71.7 Å². The predicted octanol–water partition coefficient (Wildman–Crippen LogP) is 3.25. The van der Waals surface area contributed by atoms with Crippen LogP contribution in [0, 0.1) is 31.1 Å². The van der Waals surface area contributed by atoms with Gasteiger partial charge in [0.15, 0.2) is 6.54 Å². The quantitative estimate of drug-likeness (QED) is 0.524. The molecule has 3 rings (SSSR count). The zero-order chi connectivity index (χ0) is 16.1. The van der Waals surface area contributed by atoms with Crippen LogP contribution in [0.4, 0.5) is 0 Å². The molecule has 0 saturated heterocycles. The molecule has 2 heterocycles. The third-order valence-corrected chi connectivity index (χ3v) is 3.65. The van der Waals surface area contributed by atoms with Gasteiger partial charge in [0.25, 0.3) is 5.69 Å². The average Bonchev–Trinajstić information content (AvgIpc) is 2.59. The minimum Gasteiger partial charge on any atom is -0.248 e. The van der Waals surface area contributed by atoms with Gasteiger partial charge in [-0.15, -0.1) is 12.3 Å². The first-order chi connectivity index (χ1) is 11.3. The minimum atomic E-state index is 0.677. The van der Waals surface area contributed by atoms with E-state index in [1.807, 2.05) is 24.3 Å². The minimum absolute atomic E-state index is 0.677. The number of hydrogen-bond donors (Lipinski definition) is 0. The molecule has 0 N–H and O–H groups in total. The number of pyridine rings is 2. The fourth-order valence-corrected chi connectivity index (χ4v) is 2.53. The zero-order valence-corrected chi connectivity index (χ0v) is 13.1. The van der Waals surface area contributed by atoms with Gasteiger partial charge in [-0.1, -0.05) is 17.7 Å². The van der Waals surface area contributed by atoms with Crippen molar-refractivity contribution in [2.75, 3.05) is 0 Å². The second-order valence-corrected chi connectivity index (χ2v) is 5.35. The molecule has 2 nitrogen and oxygen atoms in total. The second kappa shape index (κ2) is 6.77. The summed E-state index contributed by atoms with van der Waals surface area (Å²) in [6.45, 7) is 2.85. The molecule has 1 aromatic carbocycles. The molecule has 0 aliphatic rings. The number of terminal acetylenes is 1. The van der Waals surface area contributed by atoms with E-state index in [1.165, 1.54) is 10.9 Å². The van der Waals surface area contributed by atoms with Crippen molar-refractivity contribution in [1.29, 1.82) is 0 Å². The van der Waals surface area contributed by atoms with Crippen molar-refractivity contribution >= 4 is 10.9 Å². The van der Waals surface area contributed by atoms with Crippen LogP contribution in [0.15, 0.2) is 54.7 Å². The first kappa shape index (κ1) is 14.8. The summed E-state index contributed by atoms with van der Waals surface area (Å²) in [5.41, 5.74) is 4.11. The fourth-order valence-electron chi connectivity index (χ4n) is 2.53. The van der Waals surface area contributed by atoms with Crippen LogP contribution in [0.3, 0.4) is 0 Å². The first-order valence-corrected chi connectivity index (χ1v) is 7.57. The van der Waals surface area contributed by atoms with Crippen LogP contribution in [0.1, 0.15) is 23.4 Å². The van der Waals surface area contributed by atoms with Gasteiger partial charge in [0.1, 0.15) is 5.69 Å². The Labute approximate surface area is 136 Å². The van der Waals surface area contributed by atoms with Gasteiger partial charge in [-0.3, -0.25) is 0 Å². The highest BCUT2D eigenvalue weighted by atomic mass is 15.0. The maximum absolute atomic E-state index is 5.45. The van der Waals surface area contributed by atoms with E-state index >= 15 is 0 Å². The standard InChI is InChI=1S/C21H17N2/c1-3-4-15-23-20(12-10-19-7-5-6-14-22-19)11-9-18-16-17(2)8-13-21(18)23/h1,5-9,11,13-14,16H,4,15H2,2H3/q+1. The van der Waals surface area contributed by atoms with E-state index in [4.69, 9.17) is 6.42 Å². The van der Waals surface area contributed by atoms with Crippen molar-refractivity contribution in [2.45, 2.75) is 19.9 Å². The third kappa shape index (κ3) is 3.39. The van der Waals surface area contributed by atoms with Crippen molar-refractivity contribution in [3.63, 3.8) is 0 Å². The SMILES string of the molecule is C#CCC[n+]1c(C#Cc2ccccn2)ccc2cc(C)ccc21. The molecule has 0 spiro atoms. The smallest absolute Gasteiger partial charge is 0.248 e. The lowest BCUT2D eigenvalue weighted by atomic mass is 10.1. The van der Waals surface area contributed by atoms with Crippen molar-refractivity contribution < 1.29 is 4.57 Å². The van der Waals surface area contributed by atoms with Gasteiger partial charge in [0.05, 0.1) is 6.42 Å². The molecule has 0 aliphatic heterocycles. The van der Waals surface area contributed by atoms with Crippen molar-refractivity contribution in [2.24, 2.45) is 0 Å². The van der Waals surface area contributed by atoms with Gasteiger partial charge in [-0.2, -0.15) is 4.57 Å². The molecule has 0 atom stereocenters. The van der Waals surface area contributed by atoms with Gasteiger partial charge in [0, 0.05) is 29.6 Å². The van der Waals surface area contributed by atoms with E-state index in [-0.39, 0.29) is 0 Å². The Morgan fingerprint density at radius 1 is 1.09 bits per heavy atom. The summed E-state index contributed by atoms with van der Waals surface area (Å²) < 4.78 is 2.19. The van der Waals surface area contributed by atoms with E-state index in [1.54, 1.807) is 6.20 Å². The maximum Gasteiger partial charge on any atom is 0.257 e. The number of aromatic nitrogens is 2. The molecule has 0 saturated carbocycles. The molecule has 110 valence electrons. The number of fused-ring (bicyclic) bond motifs is 1. The summed E-state index contributed by atoms with van der Waals surface area (Å²) in [7, 11) is 0. The number of nitrogens with zero attached hydrogens (tertiary/aromatic N) is 2. The number of benzene rings is 1. The van der Waals surface area contributed by atoms with Crippen LogP contribution in [0.2, 0.25) is 0 Å². The zero-order valence-electron chi connectivity index (χ0n) is 13.1. The fraction of sp³-hybridized carbons (Fsp3) is 0.143. The molecular formula is C21H17N2+. The summed E-state index contributed by atoms with van der Waals surface area (Å²) in [6, 6.07) is 16.3. The van der Waals surface area contributed by atoms with Crippen LogP contribution < -0.4 is 4.57 Å². The van der Waals surface area contributed by atoms with Gasteiger partial charge in [0.2, 0.25) is 5.52 Å². The molecule has 0 aliphatic carbocycles. The molecule has 0 unspecified atom stereocenters. The summed E-state index contributed by atoms with van der Waals surface area (Å²) in [4.78, 5) is 4.24. The number of hydrogen-bond acceptors (Lipinski definition) is 1. The molecule has 2 heteroatoms. The van der Waals surface area contributed by atoms with E-state index in [2.05, 4.69) is 58.5 Å². The molecule has 23 heavy (non-hydrogen) atoms. The average molecular weight is 297 g/mol. The summed E-state index contributed by atoms with van der Waals surface area (Å²) >= 11 is 0. The van der Waals surface area contributed by atoms with E-state index in [0.717, 1.165) is 23.4 Å². The monoisotopic (exact) mass is 297 g/mol. The summed E-state index contributed by atoms with van der Waals surface area (Å²) in [5.74, 6) is 9.06. The van der Waals surface area contributed by atoms with Crippen LogP contribution >= 0.6 is 0 Å². The summed E-state index contributed by atoms with van der Waals surface area (Å²) in [5, 5.41) is 1.20. The largest absolute Gasteiger partial charge is 0.257 e. The van der Waals surface area contributed by atoms with E-state index < -0.39 is 0 Å². The van der Waals surface area contributed by atoms with Crippen molar-refractivity contribution in [3.8, 4) is 24.2 Å². The Balaban J connectivity index is 2.11. The van der Waals surface area contributed by atoms with E-state index in [9.17, 15) is 0 Å². The topological polar surface area (TPSA) is 16.8 Å². The Hall–Kier alpha value is -3.10. The Morgan fingerprint density at radius 3 is 2.78 bits per heavy atom. The second-order valence-electron chi connectivity index (χ2n) is 5.35. The molecule has 2 aromatic heterocycles.